The van der Waals surface area contributed by atoms with Gasteiger partial charge in [-0.1, -0.05) is 0 Å². The second-order valence-electron chi connectivity index (χ2n) is 3.67. The third-order valence-corrected chi connectivity index (χ3v) is 2.45. The molecule has 19 heavy (non-hydrogen) atoms. The van der Waals surface area contributed by atoms with Crippen LogP contribution in [0.3, 0.4) is 0 Å². The molecule has 1 amide bonds. The Labute approximate surface area is 107 Å². The molecule has 0 aliphatic carbocycles. The van der Waals surface area contributed by atoms with Crippen molar-refractivity contribution in [3.8, 4) is 0 Å². The van der Waals surface area contributed by atoms with Crippen LogP contribution in [0.1, 0.15) is 17.4 Å². The van der Waals surface area contributed by atoms with Gasteiger partial charge >= 0.3 is 5.97 Å². The molecule has 0 saturated carbocycles. The normalized spacial score (nSPS) is 11.9. The fourth-order valence-corrected chi connectivity index (χ4v) is 1.46. The van der Waals surface area contributed by atoms with E-state index in [1.807, 2.05) is 0 Å². The van der Waals surface area contributed by atoms with Crippen molar-refractivity contribution in [2.24, 2.45) is 0 Å². The zero-order valence-electron chi connectivity index (χ0n) is 10.1. The molecule has 0 radical (unpaired) electrons. The van der Waals surface area contributed by atoms with Gasteiger partial charge in [0.15, 0.2) is 6.04 Å². The van der Waals surface area contributed by atoms with E-state index in [9.17, 15) is 19.7 Å². The molecule has 1 unspecified atom stereocenters. The number of nitrogens with one attached hydrogen (secondary N) is 1. The van der Waals surface area contributed by atoms with E-state index in [2.05, 4.69) is 5.32 Å². The first-order valence-corrected chi connectivity index (χ1v) is 5.39. The third kappa shape index (κ3) is 3.28. The van der Waals surface area contributed by atoms with Crippen molar-refractivity contribution in [1.82, 2.24) is 9.88 Å². The fourth-order valence-electron chi connectivity index (χ4n) is 1.46. The summed E-state index contributed by atoms with van der Waals surface area (Å²) in [7, 11) is 0. The summed E-state index contributed by atoms with van der Waals surface area (Å²) in [5.41, 5.74) is -0.295. The number of carbonyl (C=O) groups excluding carboxylic acids is 1. The van der Waals surface area contributed by atoms with Crippen LogP contribution in [0.5, 0.6) is 0 Å². The first-order chi connectivity index (χ1) is 8.90. The van der Waals surface area contributed by atoms with Gasteiger partial charge in [-0.05, 0) is 6.92 Å². The van der Waals surface area contributed by atoms with Gasteiger partial charge in [0.2, 0.25) is 0 Å². The van der Waals surface area contributed by atoms with E-state index in [4.69, 9.17) is 10.2 Å². The lowest BCUT2D eigenvalue weighted by atomic mass is 10.3. The van der Waals surface area contributed by atoms with Crippen molar-refractivity contribution in [3.05, 3.63) is 28.1 Å². The average molecular weight is 271 g/mol. The third-order valence-electron chi connectivity index (χ3n) is 2.45. The number of nitro groups is 1. The minimum atomic E-state index is -1.45. The first-order valence-electron chi connectivity index (χ1n) is 5.39. The number of rotatable bonds is 6. The van der Waals surface area contributed by atoms with E-state index in [-0.39, 0.29) is 11.4 Å². The van der Waals surface area contributed by atoms with E-state index in [0.29, 0.717) is 6.54 Å². The maximum atomic E-state index is 11.8. The summed E-state index contributed by atoms with van der Waals surface area (Å²) in [6, 6.07) is -0.401. The van der Waals surface area contributed by atoms with Crippen molar-refractivity contribution >= 4 is 17.6 Å². The van der Waals surface area contributed by atoms with Gasteiger partial charge in [0.25, 0.3) is 11.6 Å². The maximum absolute atomic E-state index is 11.8. The molecule has 0 aliphatic heterocycles. The predicted molar refractivity (Wildman–Crippen MR) is 62.7 cm³/mol. The number of carboxylic acids is 1. The number of aryl methyl sites for hydroxylation is 1. The van der Waals surface area contributed by atoms with Gasteiger partial charge in [-0.2, -0.15) is 0 Å². The van der Waals surface area contributed by atoms with Crippen LogP contribution in [0.15, 0.2) is 12.3 Å². The fraction of sp³-hybridized carbons (Fsp3) is 0.400. The number of aliphatic carboxylic acids is 1. The lowest BCUT2D eigenvalue weighted by Crippen LogP contribution is -2.43. The summed E-state index contributed by atoms with van der Waals surface area (Å²) in [6.45, 7) is 1.23. The van der Waals surface area contributed by atoms with E-state index < -0.39 is 29.4 Å². The zero-order chi connectivity index (χ0) is 14.6. The molecule has 1 atom stereocenters. The van der Waals surface area contributed by atoms with Crippen LogP contribution in [0.4, 0.5) is 5.69 Å². The Morgan fingerprint density at radius 2 is 2.21 bits per heavy atom. The lowest BCUT2D eigenvalue weighted by Gasteiger charge is -2.12. The van der Waals surface area contributed by atoms with Crippen molar-refractivity contribution in [2.45, 2.75) is 19.5 Å². The summed E-state index contributed by atoms with van der Waals surface area (Å²) >= 11 is 0. The van der Waals surface area contributed by atoms with Crippen molar-refractivity contribution in [2.75, 3.05) is 6.61 Å². The van der Waals surface area contributed by atoms with Gasteiger partial charge < -0.3 is 20.1 Å². The Morgan fingerprint density at radius 3 is 2.63 bits per heavy atom. The Kier molecular flexibility index (Phi) is 4.59. The highest BCUT2D eigenvalue weighted by Crippen LogP contribution is 2.16. The summed E-state index contributed by atoms with van der Waals surface area (Å²) in [5.74, 6) is -2.18. The second-order valence-corrected chi connectivity index (χ2v) is 3.67. The zero-order valence-corrected chi connectivity index (χ0v) is 10.1. The van der Waals surface area contributed by atoms with Crippen molar-refractivity contribution < 1.29 is 24.7 Å². The molecule has 0 bridgehead atoms. The predicted octanol–water partition coefficient (Wildman–Crippen LogP) is -0.409. The Hall–Kier alpha value is -2.42. The number of aliphatic hydroxyl groups is 1. The maximum Gasteiger partial charge on any atom is 0.328 e. The molecule has 9 nitrogen and oxygen atoms in total. The Bertz CT molecular complexity index is 509. The number of hydrogen-bond acceptors (Lipinski definition) is 5. The number of hydrogen-bond donors (Lipinski definition) is 3. The molecular formula is C10H13N3O6. The number of aliphatic hydroxyl groups excluding tert-OH is 1. The highest BCUT2D eigenvalue weighted by atomic mass is 16.6. The summed E-state index contributed by atoms with van der Waals surface area (Å²) in [6.07, 6.45) is 1.18. The van der Waals surface area contributed by atoms with Crippen LogP contribution < -0.4 is 5.32 Å². The molecule has 0 aromatic carbocycles. The monoisotopic (exact) mass is 271 g/mol. The molecule has 1 aromatic rings. The van der Waals surface area contributed by atoms with Gasteiger partial charge in [0, 0.05) is 12.6 Å². The minimum Gasteiger partial charge on any atom is -0.480 e. The summed E-state index contributed by atoms with van der Waals surface area (Å²) in [4.78, 5) is 32.4. The van der Waals surface area contributed by atoms with Crippen LogP contribution in [0.2, 0.25) is 0 Å². The molecule has 0 spiro atoms. The van der Waals surface area contributed by atoms with E-state index in [1.54, 1.807) is 6.92 Å². The number of carboxylic acid groups (broad SMARTS) is 1. The Balaban J connectivity index is 2.98. The summed E-state index contributed by atoms with van der Waals surface area (Å²) < 4.78 is 1.32. The molecule has 1 aromatic heterocycles. The Morgan fingerprint density at radius 1 is 1.58 bits per heavy atom. The van der Waals surface area contributed by atoms with Crippen LogP contribution in [0, 0.1) is 10.1 Å². The SMILES string of the molecule is CCn1cc([N+](=O)[O-])cc1C(=O)NC(CO)C(=O)O. The number of aromatic nitrogens is 1. The van der Waals surface area contributed by atoms with Crippen molar-refractivity contribution in [3.63, 3.8) is 0 Å². The van der Waals surface area contributed by atoms with E-state index in [1.165, 1.54) is 10.8 Å². The second kappa shape index (κ2) is 5.96. The highest BCUT2D eigenvalue weighted by molar-refractivity contribution is 5.96. The number of amides is 1. The molecular weight excluding hydrogens is 258 g/mol. The molecule has 104 valence electrons. The molecule has 0 saturated heterocycles. The average Bonchev–Trinajstić information content (AvgIpc) is 2.79. The minimum absolute atomic E-state index is 0.0334. The quantitative estimate of drug-likeness (QED) is 0.475. The van der Waals surface area contributed by atoms with Gasteiger partial charge in [0.1, 0.15) is 5.69 Å². The van der Waals surface area contributed by atoms with Crippen LogP contribution in [-0.2, 0) is 11.3 Å². The molecule has 9 heteroatoms. The van der Waals surface area contributed by atoms with E-state index >= 15 is 0 Å². The molecule has 0 fully saturated rings. The lowest BCUT2D eigenvalue weighted by molar-refractivity contribution is -0.384. The van der Waals surface area contributed by atoms with Crippen LogP contribution in [0.25, 0.3) is 0 Å². The topological polar surface area (TPSA) is 135 Å². The molecule has 1 rings (SSSR count). The van der Waals surface area contributed by atoms with Gasteiger partial charge in [-0.15, -0.1) is 0 Å². The van der Waals surface area contributed by atoms with Gasteiger partial charge in [-0.25, -0.2) is 4.79 Å². The summed E-state index contributed by atoms with van der Waals surface area (Å²) in [5, 5.41) is 30.2. The van der Waals surface area contributed by atoms with Crippen molar-refractivity contribution in [1.29, 1.82) is 0 Å². The van der Waals surface area contributed by atoms with Crippen LogP contribution in [-0.4, -0.2) is 44.2 Å². The number of carbonyl (C=O) groups is 2. The van der Waals surface area contributed by atoms with Gasteiger partial charge in [-0.3, -0.25) is 14.9 Å². The molecule has 1 heterocycles. The molecule has 3 N–H and O–H groups in total. The van der Waals surface area contributed by atoms with Gasteiger partial charge in [0.05, 0.1) is 17.7 Å². The largest absolute Gasteiger partial charge is 0.480 e. The first kappa shape index (κ1) is 14.6. The highest BCUT2D eigenvalue weighted by Gasteiger charge is 2.23. The smallest absolute Gasteiger partial charge is 0.328 e. The number of nitrogens with zero attached hydrogens (tertiary/aromatic N) is 2. The van der Waals surface area contributed by atoms with E-state index in [0.717, 1.165) is 6.07 Å². The molecule has 0 aliphatic rings. The standard InChI is InChI=1S/C10H13N3O6/c1-2-12-4-6(13(18)19)3-8(12)9(15)11-7(5-14)10(16)17/h3-4,7,14H,2,5H2,1H3,(H,11,15)(H,16,17). The van der Waals surface area contributed by atoms with Crippen LogP contribution >= 0.6 is 0 Å².